The first-order valence-electron chi connectivity index (χ1n) is 13.8. The van der Waals surface area contributed by atoms with E-state index in [0.29, 0.717) is 41.9 Å². The van der Waals surface area contributed by atoms with E-state index in [1.54, 1.807) is 0 Å². The molecule has 0 saturated heterocycles. The minimum Gasteiger partial charge on any atom is -0.481 e. The van der Waals surface area contributed by atoms with E-state index in [1.807, 2.05) is 0 Å². The highest BCUT2D eigenvalue weighted by Crippen LogP contribution is 2.68. The normalized spacial score (nSPS) is 43.4. The largest absolute Gasteiger partial charge is 0.481 e. The van der Waals surface area contributed by atoms with Crippen molar-refractivity contribution in [3.8, 4) is 0 Å². The van der Waals surface area contributed by atoms with Gasteiger partial charge in [0.05, 0.1) is 18.9 Å². The Bertz CT molecular complexity index is 826. The molecule has 10 atom stereocenters. The summed E-state index contributed by atoms with van der Waals surface area (Å²) in [5, 5.41) is 29.6. The number of rotatable bonds is 8. The van der Waals surface area contributed by atoms with E-state index >= 15 is 0 Å². The summed E-state index contributed by atoms with van der Waals surface area (Å²) in [6.07, 6.45) is 8.02. The number of carboxylic acid groups (broad SMARTS) is 2. The van der Waals surface area contributed by atoms with Gasteiger partial charge in [-0.15, -0.1) is 0 Å². The molecule has 0 aliphatic heterocycles. The Morgan fingerprint density at radius 1 is 0.914 bits per heavy atom. The second kappa shape index (κ2) is 10.0. The Hall–Kier alpha value is -1.63. The molecule has 3 N–H and O–H groups in total. The zero-order valence-corrected chi connectivity index (χ0v) is 21.6. The summed E-state index contributed by atoms with van der Waals surface area (Å²) in [7, 11) is 0. The summed E-state index contributed by atoms with van der Waals surface area (Å²) >= 11 is 0. The standard InChI is InChI=1S/C28H44O7/c1-16(4-9-24(30)31)20-7-8-21-19-6-5-17-14-18(35-26(34)11-10-25(32)33)12-13-27(17,2)22(19)15-23(29)28(20,21)3/h16-23,29H,4-15H2,1-3H3,(H,30,31)(H,32,33)/t16-,17+,18-,19+,20-,21+,22+,23+,27+,28-/m1/s1. The average molecular weight is 493 g/mol. The predicted octanol–water partition coefficient (Wildman–Crippen LogP) is 4.89. The van der Waals surface area contributed by atoms with E-state index < -0.39 is 17.9 Å². The molecular formula is C28H44O7. The van der Waals surface area contributed by atoms with Gasteiger partial charge in [-0.2, -0.15) is 0 Å². The second-order valence-electron chi connectivity index (χ2n) is 12.6. The summed E-state index contributed by atoms with van der Waals surface area (Å²) in [5.74, 6) is 0.533. The van der Waals surface area contributed by atoms with Gasteiger partial charge in [-0.05, 0) is 104 Å². The maximum atomic E-state index is 12.1. The summed E-state index contributed by atoms with van der Waals surface area (Å²) in [4.78, 5) is 34.0. The van der Waals surface area contributed by atoms with Crippen LogP contribution >= 0.6 is 0 Å². The number of esters is 1. The number of hydrogen-bond acceptors (Lipinski definition) is 5. The first-order valence-corrected chi connectivity index (χ1v) is 13.8. The molecule has 0 aromatic rings. The first kappa shape index (κ1) is 26.4. The average Bonchev–Trinajstić information content (AvgIpc) is 3.16. The molecule has 4 saturated carbocycles. The van der Waals surface area contributed by atoms with Gasteiger partial charge in [-0.3, -0.25) is 14.4 Å². The van der Waals surface area contributed by atoms with Crippen LogP contribution in [0.3, 0.4) is 0 Å². The van der Waals surface area contributed by atoms with Crippen LogP contribution in [0.1, 0.15) is 97.8 Å². The van der Waals surface area contributed by atoms with Crippen LogP contribution in [0, 0.1) is 46.3 Å². The third-order valence-electron chi connectivity index (χ3n) is 11.1. The van der Waals surface area contributed by atoms with Crippen molar-refractivity contribution in [3.05, 3.63) is 0 Å². The van der Waals surface area contributed by atoms with Gasteiger partial charge in [0.15, 0.2) is 0 Å². The number of carbonyl (C=O) groups is 3. The molecule has 0 aromatic heterocycles. The molecule has 0 aromatic carbocycles. The van der Waals surface area contributed by atoms with Crippen LogP contribution in [0.4, 0.5) is 0 Å². The molecule has 198 valence electrons. The van der Waals surface area contributed by atoms with Crippen LogP contribution in [0.5, 0.6) is 0 Å². The fraction of sp³-hybridized carbons (Fsp3) is 0.893. The molecule has 4 aliphatic rings. The fourth-order valence-corrected chi connectivity index (χ4v) is 9.26. The van der Waals surface area contributed by atoms with Gasteiger partial charge >= 0.3 is 17.9 Å². The van der Waals surface area contributed by atoms with E-state index in [1.165, 1.54) is 0 Å². The van der Waals surface area contributed by atoms with E-state index in [4.69, 9.17) is 14.9 Å². The number of fused-ring (bicyclic) bond motifs is 5. The quantitative estimate of drug-likeness (QED) is 0.412. The number of aliphatic carboxylic acids is 2. The Morgan fingerprint density at radius 3 is 2.31 bits per heavy atom. The van der Waals surface area contributed by atoms with E-state index in [0.717, 1.165) is 51.4 Å². The van der Waals surface area contributed by atoms with Crippen LogP contribution < -0.4 is 0 Å². The number of hydrogen-bond donors (Lipinski definition) is 3. The first-order chi connectivity index (χ1) is 16.5. The Balaban J connectivity index is 1.43. The molecule has 0 heterocycles. The van der Waals surface area contributed by atoms with Gasteiger partial charge in [0.25, 0.3) is 0 Å². The van der Waals surface area contributed by atoms with Crippen LogP contribution in [-0.4, -0.2) is 45.4 Å². The van der Waals surface area contributed by atoms with Crippen molar-refractivity contribution in [1.82, 2.24) is 0 Å². The molecule has 7 nitrogen and oxygen atoms in total. The molecule has 0 unspecified atom stereocenters. The third-order valence-corrected chi connectivity index (χ3v) is 11.1. The van der Waals surface area contributed by atoms with Crippen molar-refractivity contribution in [1.29, 1.82) is 0 Å². The second-order valence-corrected chi connectivity index (χ2v) is 12.6. The molecule has 0 spiro atoms. The van der Waals surface area contributed by atoms with Crippen LogP contribution in [0.15, 0.2) is 0 Å². The Kier molecular flexibility index (Phi) is 7.57. The number of aliphatic hydroxyl groups excluding tert-OH is 1. The molecular weight excluding hydrogens is 448 g/mol. The monoisotopic (exact) mass is 492 g/mol. The Morgan fingerprint density at radius 2 is 1.63 bits per heavy atom. The topological polar surface area (TPSA) is 121 Å². The lowest BCUT2D eigenvalue weighted by atomic mass is 9.43. The van der Waals surface area contributed by atoms with Crippen LogP contribution in [-0.2, 0) is 19.1 Å². The molecule has 0 radical (unpaired) electrons. The molecule has 4 aliphatic carbocycles. The van der Waals surface area contributed by atoms with E-state index in [2.05, 4.69) is 20.8 Å². The van der Waals surface area contributed by atoms with Crippen molar-refractivity contribution in [3.63, 3.8) is 0 Å². The lowest BCUT2D eigenvalue weighted by Gasteiger charge is -2.62. The summed E-state index contributed by atoms with van der Waals surface area (Å²) in [5.41, 5.74) is -0.0125. The molecule has 0 bridgehead atoms. The van der Waals surface area contributed by atoms with Gasteiger partial charge in [0.2, 0.25) is 0 Å². The molecule has 7 heteroatoms. The maximum absolute atomic E-state index is 12.1. The highest BCUT2D eigenvalue weighted by Gasteiger charge is 2.63. The maximum Gasteiger partial charge on any atom is 0.306 e. The van der Waals surface area contributed by atoms with Crippen molar-refractivity contribution in [2.45, 2.75) is 110 Å². The van der Waals surface area contributed by atoms with Gasteiger partial charge in [0.1, 0.15) is 6.10 Å². The van der Waals surface area contributed by atoms with Crippen LogP contribution in [0.25, 0.3) is 0 Å². The van der Waals surface area contributed by atoms with Gasteiger partial charge in [-0.1, -0.05) is 20.8 Å². The van der Waals surface area contributed by atoms with Crippen molar-refractivity contribution < 1.29 is 34.4 Å². The summed E-state index contributed by atoms with van der Waals surface area (Å²) in [6, 6.07) is 0. The molecule has 0 amide bonds. The zero-order chi connectivity index (χ0) is 25.5. The lowest BCUT2D eigenvalue weighted by molar-refractivity contribution is -0.182. The number of carboxylic acids is 2. The smallest absolute Gasteiger partial charge is 0.306 e. The van der Waals surface area contributed by atoms with Crippen molar-refractivity contribution in [2.75, 3.05) is 0 Å². The fourth-order valence-electron chi connectivity index (χ4n) is 9.26. The molecule has 35 heavy (non-hydrogen) atoms. The molecule has 4 fully saturated rings. The van der Waals surface area contributed by atoms with E-state index in [9.17, 15) is 19.5 Å². The van der Waals surface area contributed by atoms with Crippen molar-refractivity contribution >= 4 is 17.9 Å². The SMILES string of the molecule is C[C@H](CCC(=O)O)[C@H]1CC[C@H]2[C@@H]3CC[C@H]4C[C@H](OC(=O)CCC(=O)O)CC[C@]4(C)[C@H]3C[C@H](O)[C@]12C. The highest BCUT2D eigenvalue weighted by atomic mass is 16.5. The predicted molar refractivity (Wildman–Crippen MR) is 129 cm³/mol. The minimum absolute atomic E-state index is 0.0724. The van der Waals surface area contributed by atoms with Gasteiger partial charge in [-0.25, -0.2) is 0 Å². The molecule has 4 rings (SSSR count). The minimum atomic E-state index is -0.982. The van der Waals surface area contributed by atoms with E-state index in [-0.39, 0.29) is 42.3 Å². The number of carbonyl (C=O) groups excluding carboxylic acids is 1. The van der Waals surface area contributed by atoms with Gasteiger partial charge in [0, 0.05) is 6.42 Å². The van der Waals surface area contributed by atoms with Gasteiger partial charge < -0.3 is 20.1 Å². The van der Waals surface area contributed by atoms with Crippen molar-refractivity contribution in [2.24, 2.45) is 46.3 Å². The van der Waals surface area contributed by atoms with Crippen LogP contribution in [0.2, 0.25) is 0 Å². The Labute approximate surface area is 209 Å². The summed E-state index contributed by atoms with van der Waals surface area (Å²) in [6.45, 7) is 6.86. The number of ether oxygens (including phenoxy) is 1. The third kappa shape index (κ3) is 4.86. The lowest BCUT2D eigenvalue weighted by Crippen LogP contribution is -2.59. The summed E-state index contributed by atoms with van der Waals surface area (Å²) < 4.78 is 5.67. The number of aliphatic hydroxyl groups is 1. The zero-order valence-electron chi connectivity index (χ0n) is 21.6. The highest BCUT2D eigenvalue weighted by molar-refractivity contribution is 5.76.